The summed E-state index contributed by atoms with van der Waals surface area (Å²) in [4.78, 5) is 129. The molecule has 0 saturated carbocycles. The highest BCUT2D eigenvalue weighted by Crippen LogP contribution is 2.19. The highest BCUT2D eigenvalue weighted by molar-refractivity contribution is 6.00. The maximum Gasteiger partial charge on any atom is 0.408 e. The smallest absolute Gasteiger partial charge is 0.408 e. The molecular weight excluding hydrogens is 1160 g/mol. The topological polar surface area (TPSA) is 334 Å². The molecule has 0 aliphatic heterocycles. The lowest BCUT2D eigenvalue weighted by Crippen LogP contribution is -2.49. The minimum absolute atomic E-state index is 0.00180. The van der Waals surface area contributed by atoms with E-state index in [2.05, 4.69) is 47.9 Å². The van der Waals surface area contributed by atoms with Crippen molar-refractivity contribution >= 4 is 59.9 Å². The zero-order valence-electron chi connectivity index (χ0n) is 55.5. The van der Waals surface area contributed by atoms with E-state index in [1.54, 1.807) is 83.1 Å². The van der Waals surface area contributed by atoms with E-state index in [9.17, 15) is 47.9 Å². The van der Waals surface area contributed by atoms with Crippen LogP contribution in [0.5, 0.6) is 5.75 Å². The van der Waals surface area contributed by atoms with Crippen molar-refractivity contribution in [3.63, 3.8) is 0 Å². The van der Waals surface area contributed by atoms with Crippen molar-refractivity contribution in [3.8, 4) is 5.75 Å². The Balaban J connectivity index is 2.06. The average molecular weight is 1270 g/mol. The Labute approximate surface area is 532 Å². The fourth-order valence-corrected chi connectivity index (χ4v) is 8.39. The van der Waals surface area contributed by atoms with Gasteiger partial charge in [0.15, 0.2) is 0 Å². The number of alkyl carbamates (subject to hydrolysis) is 4. The van der Waals surface area contributed by atoms with Crippen molar-refractivity contribution in [3.05, 3.63) is 65.2 Å². The summed E-state index contributed by atoms with van der Waals surface area (Å²) in [6, 6.07) is 11.8. The molecule has 0 spiro atoms. The van der Waals surface area contributed by atoms with E-state index in [0.717, 1.165) is 50.5 Å². The van der Waals surface area contributed by atoms with Crippen LogP contribution in [0.4, 0.5) is 19.2 Å². The normalized spacial score (nSPS) is 12.1. The van der Waals surface area contributed by atoms with Crippen LogP contribution in [-0.4, -0.2) is 147 Å². The van der Waals surface area contributed by atoms with E-state index in [4.69, 9.17) is 28.4 Å². The van der Waals surface area contributed by atoms with E-state index < -0.39 is 82.5 Å². The van der Waals surface area contributed by atoms with E-state index in [1.807, 2.05) is 30.3 Å². The number of unbranched alkanes of at least 4 members (excludes halogenated alkanes) is 9. The van der Waals surface area contributed by atoms with Crippen molar-refractivity contribution in [2.24, 2.45) is 0 Å². The third-order valence-electron chi connectivity index (χ3n) is 12.5. The molecule has 506 valence electrons. The van der Waals surface area contributed by atoms with Gasteiger partial charge in [0.1, 0.15) is 53.5 Å². The number of amides is 9. The van der Waals surface area contributed by atoms with Gasteiger partial charge in [0.2, 0.25) is 17.7 Å². The second-order valence-electron chi connectivity index (χ2n) is 25.8. The predicted octanol–water partition coefficient (Wildman–Crippen LogP) is 8.69. The molecule has 0 aromatic heterocycles. The first-order valence-electron chi connectivity index (χ1n) is 31.6. The molecular formula is C65H105N9O16. The summed E-state index contributed by atoms with van der Waals surface area (Å²) in [5, 5.41) is 24.3. The van der Waals surface area contributed by atoms with Crippen LogP contribution in [0.25, 0.3) is 0 Å². The number of ether oxygens (including phenoxy) is 6. The first-order chi connectivity index (χ1) is 42.3. The van der Waals surface area contributed by atoms with Crippen LogP contribution in [0, 0.1) is 0 Å². The Bertz CT molecular complexity index is 2430. The molecule has 0 fully saturated rings. The SMILES string of the molecule is CC(C)(C)OC(=O)NCCCC[C@H](NC(=O)OC(C)(C)C)C(=O)NCCNC(=O)c1cc(OCCNC(=O)CCCCCCCCCCC(=O)OCc2ccccc2)cc(C(=O)NCCNC(=O)[C@H](CCCCNC(=O)OC(C)(C)C)NC(=O)OC(C)(C)C)c1. The van der Waals surface area contributed by atoms with Gasteiger partial charge in [-0.3, -0.25) is 28.8 Å². The van der Waals surface area contributed by atoms with Crippen molar-refractivity contribution < 1.29 is 76.4 Å². The Kier molecular flexibility index (Phi) is 36.0. The molecule has 25 nitrogen and oxygen atoms in total. The van der Waals surface area contributed by atoms with E-state index in [0.29, 0.717) is 44.9 Å². The van der Waals surface area contributed by atoms with Gasteiger partial charge in [-0.05, 0) is 158 Å². The Hall–Kier alpha value is -7.86. The number of carbonyl (C=O) groups is 10. The number of carbonyl (C=O) groups excluding carboxylic acids is 10. The summed E-state index contributed by atoms with van der Waals surface area (Å²) in [6.07, 6.45) is 7.62. The maximum atomic E-state index is 13.7. The third-order valence-corrected chi connectivity index (χ3v) is 12.5. The monoisotopic (exact) mass is 1270 g/mol. The molecule has 9 amide bonds. The number of hydrogen-bond donors (Lipinski definition) is 9. The van der Waals surface area contributed by atoms with Gasteiger partial charge in [0.05, 0.1) is 6.54 Å². The van der Waals surface area contributed by atoms with E-state index in [-0.39, 0.29) is 101 Å². The molecule has 0 aliphatic carbocycles. The maximum absolute atomic E-state index is 13.7. The molecule has 0 heterocycles. The Morgan fingerprint density at radius 2 is 0.800 bits per heavy atom. The summed E-state index contributed by atoms with van der Waals surface area (Å²) >= 11 is 0. The fourth-order valence-electron chi connectivity index (χ4n) is 8.39. The molecule has 2 rings (SSSR count). The lowest BCUT2D eigenvalue weighted by atomic mass is 10.1. The molecule has 0 radical (unpaired) electrons. The van der Waals surface area contributed by atoms with Gasteiger partial charge in [-0.25, -0.2) is 19.2 Å². The molecule has 2 atom stereocenters. The van der Waals surface area contributed by atoms with Crippen LogP contribution in [0.2, 0.25) is 0 Å². The van der Waals surface area contributed by atoms with Crippen LogP contribution in [0.15, 0.2) is 48.5 Å². The molecule has 0 aliphatic rings. The molecule has 9 N–H and O–H groups in total. The van der Waals surface area contributed by atoms with Gasteiger partial charge >= 0.3 is 30.3 Å². The standard InChI is InChI=1S/C65H105N9O16/c1-62(2,3)87-58(81)71-34-26-24-30-50(73-60(83)89-64(7,8)9)56(79)69-38-36-67-54(77)47-42-48(55(78)68-37-39-70-57(80)51(74-61(84)90-65(10,11)12)31-25-27-35-72-59(82)88-63(4,5)6)44-49(43-47)85-41-40-66-52(75)32-22-17-15-13-14-16-18-23-33-53(76)86-45-46-28-20-19-21-29-46/h19-21,28-29,42-44,50-51H,13-18,22-27,30-41,45H2,1-12H3,(H,66,75)(H,67,77)(H,68,78)(H,69,79)(H,70,80)(H,71,81)(H,72,82)(H,73,83)(H,74,84)/t50-,51-/m0/s1. The molecule has 0 unspecified atom stereocenters. The van der Waals surface area contributed by atoms with Crippen LogP contribution in [0.3, 0.4) is 0 Å². The Morgan fingerprint density at radius 1 is 0.400 bits per heavy atom. The van der Waals surface area contributed by atoms with Crippen molar-refractivity contribution in [2.75, 3.05) is 52.4 Å². The summed E-state index contributed by atoms with van der Waals surface area (Å²) in [5.74, 6) is -2.51. The highest BCUT2D eigenvalue weighted by Gasteiger charge is 2.27. The van der Waals surface area contributed by atoms with Crippen LogP contribution >= 0.6 is 0 Å². The second kappa shape index (κ2) is 41.4. The van der Waals surface area contributed by atoms with Crippen molar-refractivity contribution in [1.82, 2.24) is 47.9 Å². The van der Waals surface area contributed by atoms with Crippen molar-refractivity contribution in [1.29, 1.82) is 0 Å². The summed E-state index contributed by atoms with van der Waals surface area (Å²) in [7, 11) is 0. The third kappa shape index (κ3) is 40.6. The number of nitrogens with one attached hydrogen (secondary N) is 9. The van der Waals surface area contributed by atoms with Crippen LogP contribution in [-0.2, 0) is 49.5 Å². The molecule has 90 heavy (non-hydrogen) atoms. The fraction of sp³-hybridized carbons (Fsp3) is 0.662. The molecule has 2 aromatic rings. The van der Waals surface area contributed by atoms with E-state index in [1.165, 1.54) is 18.2 Å². The molecule has 2 aromatic carbocycles. The number of hydrogen-bond acceptors (Lipinski definition) is 16. The predicted molar refractivity (Wildman–Crippen MR) is 341 cm³/mol. The van der Waals surface area contributed by atoms with Crippen LogP contribution < -0.4 is 52.6 Å². The second-order valence-corrected chi connectivity index (χ2v) is 25.8. The zero-order chi connectivity index (χ0) is 67.2. The zero-order valence-corrected chi connectivity index (χ0v) is 55.5. The summed E-state index contributed by atoms with van der Waals surface area (Å²) in [6.45, 7) is 21.4. The van der Waals surface area contributed by atoms with Gasteiger partial charge < -0.3 is 76.3 Å². The highest BCUT2D eigenvalue weighted by atomic mass is 16.6. The summed E-state index contributed by atoms with van der Waals surface area (Å²) < 4.78 is 32.6. The van der Waals surface area contributed by atoms with Crippen molar-refractivity contribution in [2.45, 2.75) is 227 Å². The first kappa shape index (κ1) is 78.2. The molecule has 25 heteroatoms. The van der Waals surface area contributed by atoms with Crippen LogP contribution in [0.1, 0.15) is 212 Å². The molecule has 0 bridgehead atoms. The van der Waals surface area contributed by atoms with Gasteiger partial charge in [-0.2, -0.15) is 0 Å². The lowest BCUT2D eigenvalue weighted by Gasteiger charge is -2.23. The summed E-state index contributed by atoms with van der Waals surface area (Å²) in [5.41, 5.74) is -1.99. The van der Waals surface area contributed by atoms with E-state index >= 15 is 0 Å². The number of benzene rings is 2. The number of esters is 1. The quantitative estimate of drug-likeness (QED) is 0.0172. The number of rotatable bonds is 39. The molecule has 0 saturated heterocycles. The minimum Gasteiger partial charge on any atom is -0.492 e. The Morgan fingerprint density at radius 3 is 1.23 bits per heavy atom. The lowest BCUT2D eigenvalue weighted by molar-refractivity contribution is -0.145. The van der Waals surface area contributed by atoms with Gasteiger partial charge in [-0.1, -0.05) is 68.9 Å². The largest absolute Gasteiger partial charge is 0.492 e. The van der Waals surface area contributed by atoms with Gasteiger partial charge in [0.25, 0.3) is 11.8 Å². The average Bonchev–Trinajstić information content (AvgIpc) is 1.01. The minimum atomic E-state index is -1.01. The van der Waals surface area contributed by atoms with Gasteiger partial charge in [-0.15, -0.1) is 0 Å². The van der Waals surface area contributed by atoms with Gasteiger partial charge in [0, 0.05) is 63.2 Å². The first-order valence-corrected chi connectivity index (χ1v) is 31.6.